The summed E-state index contributed by atoms with van der Waals surface area (Å²) >= 11 is 8.16. The van der Waals surface area contributed by atoms with E-state index < -0.39 is 0 Å². The maximum absolute atomic E-state index is 5.86. The van der Waals surface area contributed by atoms with Crippen molar-refractivity contribution in [1.29, 1.82) is 0 Å². The van der Waals surface area contributed by atoms with E-state index in [1.807, 2.05) is 30.5 Å². The molecule has 0 aliphatic heterocycles. The zero-order chi connectivity index (χ0) is 17.6. The highest BCUT2D eigenvalue weighted by Gasteiger charge is 2.01. The molecule has 0 saturated carbocycles. The molecule has 0 fully saturated rings. The molecular formula is C18H17ClIN5. The highest BCUT2D eigenvalue weighted by molar-refractivity contribution is 14.1. The van der Waals surface area contributed by atoms with Crippen LogP contribution >= 0.6 is 34.2 Å². The lowest BCUT2D eigenvalue weighted by Gasteiger charge is -2.01. The third kappa shape index (κ3) is 4.96. The largest absolute Gasteiger partial charge is 0.369 e. The molecule has 4 N–H and O–H groups in total. The summed E-state index contributed by atoms with van der Waals surface area (Å²) in [6.45, 7) is 0.585. The van der Waals surface area contributed by atoms with Gasteiger partial charge in [0.2, 0.25) is 5.96 Å². The van der Waals surface area contributed by atoms with E-state index in [9.17, 15) is 0 Å². The number of hydrogen-bond donors (Lipinski definition) is 3. The molecule has 0 saturated heterocycles. The Labute approximate surface area is 164 Å². The average molecular weight is 466 g/mol. The number of nitrogens with one attached hydrogen (secondary N) is 2. The summed E-state index contributed by atoms with van der Waals surface area (Å²) in [6, 6.07) is 13.9. The molecule has 1 aromatic heterocycles. The molecule has 3 aromatic rings. The molecule has 7 heteroatoms. The molecule has 3 rings (SSSR count). The summed E-state index contributed by atoms with van der Waals surface area (Å²) in [5.41, 5.74) is 11.8. The van der Waals surface area contributed by atoms with Crippen LogP contribution in [0.25, 0.3) is 10.9 Å². The molecule has 0 unspecified atom stereocenters. The molecule has 0 spiro atoms. The van der Waals surface area contributed by atoms with E-state index in [2.05, 4.69) is 61.3 Å². The fraction of sp³-hybridized carbons (Fsp3) is 0.111. The highest BCUT2D eigenvalue weighted by Crippen LogP contribution is 2.19. The minimum Gasteiger partial charge on any atom is -0.369 e. The lowest BCUT2D eigenvalue weighted by molar-refractivity contribution is 0.926. The number of H-pyrrole nitrogens is 1. The standard InChI is InChI=1S/C18H17ClIN5/c19-14-3-1-12(2-4-14)7-8-22-18(21)25-24-11-13-10-23-17-6-5-15(20)9-16(13)17/h1-6,9-11,23H,7-8H2,(H3,21,22,25)/b24-11+. The van der Waals surface area contributed by atoms with Gasteiger partial charge in [-0.25, -0.2) is 5.43 Å². The number of fused-ring (bicyclic) bond motifs is 1. The van der Waals surface area contributed by atoms with Gasteiger partial charge in [-0.3, -0.25) is 4.99 Å². The van der Waals surface area contributed by atoms with Crippen molar-refractivity contribution < 1.29 is 0 Å². The van der Waals surface area contributed by atoms with Crippen LogP contribution in [0.1, 0.15) is 11.1 Å². The SMILES string of the molecule is NC(=NCCc1ccc(Cl)cc1)N/N=C/c1c[nH]c2ccc(I)cc12. The van der Waals surface area contributed by atoms with E-state index >= 15 is 0 Å². The molecule has 0 radical (unpaired) electrons. The highest BCUT2D eigenvalue weighted by atomic mass is 127. The van der Waals surface area contributed by atoms with Gasteiger partial charge < -0.3 is 10.7 Å². The number of aromatic nitrogens is 1. The van der Waals surface area contributed by atoms with Crippen LogP contribution in [0.15, 0.2) is 58.8 Å². The van der Waals surface area contributed by atoms with E-state index in [0.29, 0.717) is 12.5 Å². The van der Waals surface area contributed by atoms with Crippen molar-refractivity contribution in [2.24, 2.45) is 15.8 Å². The molecular weight excluding hydrogens is 449 g/mol. The van der Waals surface area contributed by atoms with Gasteiger partial charge in [-0.2, -0.15) is 5.10 Å². The molecule has 5 nitrogen and oxygen atoms in total. The molecule has 25 heavy (non-hydrogen) atoms. The van der Waals surface area contributed by atoms with E-state index in [4.69, 9.17) is 17.3 Å². The van der Waals surface area contributed by atoms with Gasteiger partial charge in [0.15, 0.2) is 0 Å². The van der Waals surface area contributed by atoms with Crippen molar-refractivity contribution in [1.82, 2.24) is 10.4 Å². The van der Waals surface area contributed by atoms with Crippen LogP contribution in [0.2, 0.25) is 5.02 Å². The van der Waals surface area contributed by atoms with Crippen LogP contribution < -0.4 is 11.2 Å². The van der Waals surface area contributed by atoms with Gasteiger partial charge in [0.05, 0.1) is 6.21 Å². The van der Waals surface area contributed by atoms with E-state index in [0.717, 1.165) is 33.5 Å². The van der Waals surface area contributed by atoms with Gasteiger partial charge in [0.1, 0.15) is 0 Å². The molecule has 0 atom stereocenters. The summed E-state index contributed by atoms with van der Waals surface area (Å²) in [4.78, 5) is 7.48. The minimum absolute atomic E-state index is 0.291. The zero-order valence-corrected chi connectivity index (χ0v) is 16.3. The number of rotatable bonds is 5. The number of guanidine groups is 1. The van der Waals surface area contributed by atoms with Crippen LogP contribution in [0.5, 0.6) is 0 Å². The summed E-state index contributed by atoms with van der Waals surface area (Å²) in [5.74, 6) is 0.291. The maximum atomic E-state index is 5.86. The Kier molecular flexibility index (Phi) is 5.93. The Morgan fingerprint density at radius 3 is 2.84 bits per heavy atom. The number of aliphatic imine (C=N–C) groups is 1. The molecule has 1 heterocycles. The lowest BCUT2D eigenvalue weighted by atomic mass is 10.1. The van der Waals surface area contributed by atoms with Crippen molar-refractivity contribution in [3.8, 4) is 0 Å². The first-order valence-electron chi connectivity index (χ1n) is 7.72. The molecule has 0 bridgehead atoms. The Morgan fingerprint density at radius 2 is 2.04 bits per heavy atom. The van der Waals surface area contributed by atoms with Crippen molar-refractivity contribution in [2.75, 3.05) is 6.54 Å². The second kappa shape index (κ2) is 8.35. The van der Waals surface area contributed by atoms with Gasteiger partial charge in [0, 0.05) is 37.8 Å². The zero-order valence-electron chi connectivity index (χ0n) is 13.3. The first-order valence-corrected chi connectivity index (χ1v) is 9.17. The van der Waals surface area contributed by atoms with Crippen LogP contribution in [0.4, 0.5) is 0 Å². The smallest absolute Gasteiger partial charge is 0.209 e. The van der Waals surface area contributed by atoms with Crippen molar-refractivity contribution >= 4 is 57.3 Å². The van der Waals surface area contributed by atoms with Crippen LogP contribution in [0.3, 0.4) is 0 Å². The quantitative estimate of drug-likeness (QED) is 0.231. The van der Waals surface area contributed by atoms with Gasteiger partial charge in [-0.05, 0) is 64.9 Å². The molecule has 0 aliphatic carbocycles. The predicted molar refractivity (Wildman–Crippen MR) is 113 cm³/mol. The van der Waals surface area contributed by atoms with Gasteiger partial charge in [-0.15, -0.1) is 0 Å². The Bertz CT molecular complexity index is 915. The van der Waals surface area contributed by atoms with Crippen molar-refractivity contribution in [3.05, 3.63) is 68.4 Å². The Hall–Kier alpha value is -2.06. The minimum atomic E-state index is 0.291. The monoisotopic (exact) mass is 465 g/mol. The molecule has 128 valence electrons. The fourth-order valence-corrected chi connectivity index (χ4v) is 3.00. The van der Waals surface area contributed by atoms with Crippen molar-refractivity contribution in [3.63, 3.8) is 0 Å². The topological polar surface area (TPSA) is 78.6 Å². The summed E-state index contributed by atoms with van der Waals surface area (Å²) in [5, 5.41) is 6.01. The predicted octanol–water partition coefficient (Wildman–Crippen LogP) is 3.91. The number of aromatic amines is 1. The molecule has 0 amide bonds. The second-order valence-corrected chi connectivity index (χ2v) is 7.13. The lowest BCUT2D eigenvalue weighted by Crippen LogP contribution is -2.27. The van der Waals surface area contributed by atoms with Crippen molar-refractivity contribution in [2.45, 2.75) is 6.42 Å². The summed E-state index contributed by atoms with van der Waals surface area (Å²) in [6.07, 6.45) is 4.44. The normalized spacial score (nSPS) is 12.2. The molecule has 0 aliphatic rings. The number of halogens is 2. The third-order valence-corrected chi connectivity index (χ3v) is 4.58. The Balaban J connectivity index is 1.55. The van der Waals surface area contributed by atoms with Crippen LogP contribution in [-0.4, -0.2) is 23.7 Å². The van der Waals surface area contributed by atoms with E-state index in [1.165, 1.54) is 3.57 Å². The first-order chi connectivity index (χ1) is 12.1. The van der Waals surface area contributed by atoms with E-state index in [-0.39, 0.29) is 0 Å². The van der Waals surface area contributed by atoms with E-state index in [1.54, 1.807) is 6.21 Å². The number of benzene rings is 2. The molecule has 2 aromatic carbocycles. The summed E-state index contributed by atoms with van der Waals surface area (Å²) in [7, 11) is 0. The van der Waals surface area contributed by atoms with Gasteiger partial charge in [0.25, 0.3) is 0 Å². The van der Waals surface area contributed by atoms with Crippen LogP contribution in [-0.2, 0) is 6.42 Å². The first kappa shape index (κ1) is 17.8. The summed E-state index contributed by atoms with van der Waals surface area (Å²) < 4.78 is 1.18. The number of hydrazone groups is 1. The van der Waals surface area contributed by atoms with Gasteiger partial charge in [-0.1, -0.05) is 23.7 Å². The third-order valence-electron chi connectivity index (χ3n) is 3.65. The number of nitrogens with zero attached hydrogens (tertiary/aromatic N) is 2. The van der Waals surface area contributed by atoms with Crippen LogP contribution in [0, 0.1) is 3.57 Å². The average Bonchev–Trinajstić information content (AvgIpc) is 2.99. The number of nitrogens with two attached hydrogens (primary N) is 1. The second-order valence-electron chi connectivity index (χ2n) is 5.45. The van der Waals surface area contributed by atoms with Gasteiger partial charge >= 0.3 is 0 Å². The maximum Gasteiger partial charge on any atom is 0.209 e. The fourth-order valence-electron chi connectivity index (χ4n) is 2.38. The number of hydrogen-bond acceptors (Lipinski definition) is 2. The Morgan fingerprint density at radius 1 is 1.24 bits per heavy atom.